The first kappa shape index (κ1) is 12.7. The second-order valence-corrected chi connectivity index (χ2v) is 6.12. The van der Waals surface area contributed by atoms with E-state index in [1.807, 2.05) is 6.07 Å². The normalized spacial score (nSPS) is 25.0. The van der Waals surface area contributed by atoms with Crippen molar-refractivity contribution in [2.24, 2.45) is 5.41 Å². The van der Waals surface area contributed by atoms with Gasteiger partial charge >= 0.3 is 0 Å². The van der Waals surface area contributed by atoms with Gasteiger partial charge < -0.3 is 9.73 Å². The summed E-state index contributed by atoms with van der Waals surface area (Å²) in [6.07, 6.45) is 8.01. The van der Waals surface area contributed by atoms with E-state index < -0.39 is 0 Å². The first-order valence-corrected chi connectivity index (χ1v) is 6.86. The van der Waals surface area contributed by atoms with Crippen LogP contribution in [0.5, 0.6) is 0 Å². The molecule has 0 bridgehead atoms. The minimum Gasteiger partial charge on any atom is -0.469 e. The quantitative estimate of drug-likeness (QED) is 0.840. The molecule has 1 saturated carbocycles. The van der Waals surface area contributed by atoms with Gasteiger partial charge in [-0.2, -0.15) is 0 Å². The maximum Gasteiger partial charge on any atom is 0.103 e. The van der Waals surface area contributed by atoms with Crippen molar-refractivity contribution in [3.8, 4) is 0 Å². The van der Waals surface area contributed by atoms with Crippen LogP contribution in [0.15, 0.2) is 22.8 Å². The van der Waals surface area contributed by atoms with E-state index in [9.17, 15) is 0 Å². The fourth-order valence-corrected chi connectivity index (χ4v) is 2.88. The highest BCUT2D eigenvalue weighted by Gasteiger charge is 2.34. The number of aryl methyl sites for hydroxylation is 1. The van der Waals surface area contributed by atoms with Crippen molar-refractivity contribution in [2.75, 3.05) is 0 Å². The van der Waals surface area contributed by atoms with Crippen molar-refractivity contribution in [1.29, 1.82) is 0 Å². The third kappa shape index (κ3) is 3.35. The molecule has 17 heavy (non-hydrogen) atoms. The van der Waals surface area contributed by atoms with Crippen LogP contribution in [0.1, 0.15) is 52.2 Å². The Kier molecular flexibility index (Phi) is 3.93. The van der Waals surface area contributed by atoms with E-state index in [1.165, 1.54) is 19.3 Å². The maximum atomic E-state index is 5.37. The molecule has 1 aliphatic carbocycles. The second-order valence-electron chi connectivity index (χ2n) is 6.12. The largest absolute Gasteiger partial charge is 0.469 e. The van der Waals surface area contributed by atoms with E-state index in [0.29, 0.717) is 17.5 Å². The molecule has 2 nitrogen and oxygen atoms in total. The Labute approximate surface area is 105 Å². The fourth-order valence-electron chi connectivity index (χ4n) is 2.88. The highest BCUT2D eigenvalue weighted by Crippen LogP contribution is 2.37. The van der Waals surface area contributed by atoms with Gasteiger partial charge in [-0.15, -0.1) is 0 Å². The molecule has 1 N–H and O–H groups in total. The molecule has 2 atom stereocenters. The molecule has 0 radical (unpaired) electrons. The van der Waals surface area contributed by atoms with Crippen LogP contribution in [0.25, 0.3) is 0 Å². The Bertz CT molecular complexity index is 329. The molecule has 1 heterocycles. The minimum absolute atomic E-state index is 0.471. The summed E-state index contributed by atoms with van der Waals surface area (Å²) in [5.74, 6) is 1.10. The van der Waals surface area contributed by atoms with Crippen LogP contribution in [0.4, 0.5) is 0 Å². The highest BCUT2D eigenvalue weighted by molar-refractivity contribution is 4.99. The van der Waals surface area contributed by atoms with Gasteiger partial charge in [0.15, 0.2) is 0 Å². The van der Waals surface area contributed by atoms with Crippen LogP contribution in [0.2, 0.25) is 0 Å². The molecule has 0 aromatic carbocycles. The smallest absolute Gasteiger partial charge is 0.103 e. The van der Waals surface area contributed by atoms with Gasteiger partial charge in [-0.1, -0.05) is 20.3 Å². The SMILES string of the molecule is CC(CCc1ccco1)NC1CCCC1(C)C. The summed E-state index contributed by atoms with van der Waals surface area (Å²) in [7, 11) is 0. The van der Waals surface area contributed by atoms with Crippen molar-refractivity contribution in [3.63, 3.8) is 0 Å². The molecule has 0 spiro atoms. The molecule has 1 aliphatic rings. The van der Waals surface area contributed by atoms with Gasteiger partial charge in [0, 0.05) is 18.5 Å². The lowest BCUT2D eigenvalue weighted by Crippen LogP contribution is -2.42. The monoisotopic (exact) mass is 235 g/mol. The molecule has 0 aliphatic heterocycles. The van der Waals surface area contributed by atoms with Gasteiger partial charge in [-0.05, 0) is 43.7 Å². The Morgan fingerprint density at radius 1 is 1.53 bits per heavy atom. The van der Waals surface area contributed by atoms with Gasteiger partial charge in [0.1, 0.15) is 5.76 Å². The van der Waals surface area contributed by atoms with Crippen molar-refractivity contribution >= 4 is 0 Å². The van der Waals surface area contributed by atoms with Gasteiger partial charge in [-0.3, -0.25) is 0 Å². The summed E-state index contributed by atoms with van der Waals surface area (Å²) in [6.45, 7) is 7.06. The third-order valence-electron chi connectivity index (χ3n) is 4.15. The van der Waals surface area contributed by atoms with Crippen molar-refractivity contribution in [2.45, 2.75) is 65.0 Å². The predicted molar refractivity (Wildman–Crippen MR) is 71.0 cm³/mol. The lowest BCUT2D eigenvalue weighted by molar-refractivity contribution is 0.260. The van der Waals surface area contributed by atoms with Crippen molar-refractivity contribution in [3.05, 3.63) is 24.2 Å². The van der Waals surface area contributed by atoms with Gasteiger partial charge in [0.05, 0.1) is 6.26 Å². The average Bonchev–Trinajstić information content (AvgIpc) is 2.86. The molecule has 2 heteroatoms. The lowest BCUT2D eigenvalue weighted by Gasteiger charge is -2.30. The first-order valence-electron chi connectivity index (χ1n) is 6.86. The number of hydrogen-bond donors (Lipinski definition) is 1. The zero-order chi connectivity index (χ0) is 12.3. The summed E-state index contributed by atoms with van der Waals surface area (Å²) < 4.78 is 5.37. The van der Waals surface area contributed by atoms with Crippen LogP contribution < -0.4 is 5.32 Å². The highest BCUT2D eigenvalue weighted by atomic mass is 16.3. The summed E-state index contributed by atoms with van der Waals surface area (Å²) in [5.41, 5.74) is 0.471. The van der Waals surface area contributed by atoms with E-state index >= 15 is 0 Å². The number of hydrogen-bond acceptors (Lipinski definition) is 2. The molecule has 1 aromatic heterocycles. The standard InChI is InChI=1S/C15H25NO/c1-12(8-9-13-6-5-11-17-13)16-14-7-4-10-15(14,2)3/h5-6,11-12,14,16H,4,7-10H2,1-3H3. The van der Waals surface area contributed by atoms with E-state index in [4.69, 9.17) is 4.42 Å². The summed E-state index contributed by atoms with van der Waals surface area (Å²) in [4.78, 5) is 0. The van der Waals surface area contributed by atoms with Gasteiger partial charge in [0.25, 0.3) is 0 Å². The zero-order valence-electron chi connectivity index (χ0n) is 11.3. The van der Waals surface area contributed by atoms with E-state index in [0.717, 1.165) is 18.6 Å². The Hall–Kier alpha value is -0.760. The third-order valence-corrected chi connectivity index (χ3v) is 4.15. The Balaban J connectivity index is 1.75. The van der Waals surface area contributed by atoms with Crippen molar-refractivity contribution in [1.82, 2.24) is 5.32 Å². The molecule has 1 aromatic rings. The van der Waals surface area contributed by atoms with Crippen molar-refractivity contribution < 1.29 is 4.42 Å². The summed E-state index contributed by atoms with van der Waals surface area (Å²) in [6, 6.07) is 5.29. The van der Waals surface area contributed by atoms with E-state index in [2.05, 4.69) is 32.2 Å². The topological polar surface area (TPSA) is 25.2 Å². The van der Waals surface area contributed by atoms with E-state index in [1.54, 1.807) is 6.26 Å². The van der Waals surface area contributed by atoms with Gasteiger partial charge in [0.2, 0.25) is 0 Å². The lowest BCUT2D eigenvalue weighted by atomic mass is 9.87. The number of nitrogens with one attached hydrogen (secondary N) is 1. The second kappa shape index (κ2) is 5.26. The average molecular weight is 235 g/mol. The molecule has 0 amide bonds. The summed E-state index contributed by atoms with van der Waals surface area (Å²) >= 11 is 0. The minimum atomic E-state index is 0.471. The Morgan fingerprint density at radius 3 is 2.94 bits per heavy atom. The predicted octanol–water partition coefficient (Wildman–Crippen LogP) is 3.77. The number of furan rings is 1. The molecule has 0 saturated heterocycles. The molecule has 2 rings (SSSR count). The van der Waals surface area contributed by atoms with Crippen LogP contribution in [0.3, 0.4) is 0 Å². The summed E-state index contributed by atoms with van der Waals surface area (Å²) in [5, 5.41) is 3.79. The molecular weight excluding hydrogens is 210 g/mol. The molecule has 1 fully saturated rings. The molecule has 96 valence electrons. The Morgan fingerprint density at radius 2 is 2.35 bits per heavy atom. The van der Waals surface area contributed by atoms with Crippen LogP contribution in [-0.4, -0.2) is 12.1 Å². The van der Waals surface area contributed by atoms with Crippen LogP contribution in [-0.2, 0) is 6.42 Å². The van der Waals surface area contributed by atoms with Crippen LogP contribution >= 0.6 is 0 Å². The maximum absolute atomic E-state index is 5.37. The van der Waals surface area contributed by atoms with E-state index in [-0.39, 0.29) is 0 Å². The van der Waals surface area contributed by atoms with Gasteiger partial charge in [-0.25, -0.2) is 0 Å². The number of rotatable bonds is 5. The van der Waals surface area contributed by atoms with Crippen LogP contribution in [0, 0.1) is 5.41 Å². The molecule has 2 unspecified atom stereocenters. The first-order chi connectivity index (χ1) is 8.08. The fraction of sp³-hybridized carbons (Fsp3) is 0.733. The zero-order valence-corrected chi connectivity index (χ0v) is 11.3. The molecular formula is C15H25NO.